The van der Waals surface area contributed by atoms with E-state index in [4.69, 9.17) is 10.5 Å². The Morgan fingerprint density at radius 2 is 1.87 bits per heavy atom. The van der Waals surface area contributed by atoms with E-state index in [2.05, 4.69) is 10.6 Å². The van der Waals surface area contributed by atoms with Gasteiger partial charge in [-0.15, -0.1) is 0 Å². The molecule has 0 radical (unpaired) electrons. The first kappa shape index (κ1) is 19.9. The van der Waals surface area contributed by atoms with Crippen molar-refractivity contribution in [1.29, 1.82) is 0 Å². The largest absolute Gasteiger partial charge is 0.382 e. The molecule has 0 saturated heterocycles. The van der Waals surface area contributed by atoms with Crippen LogP contribution in [-0.2, 0) is 14.3 Å². The van der Waals surface area contributed by atoms with Crippen LogP contribution in [0.15, 0.2) is 0 Å². The Morgan fingerprint density at radius 3 is 2.43 bits per heavy atom. The summed E-state index contributed by atoms with van der Waals surface area (Å²) in [6.45, 7) is 7.87. The zero-order valence-corrected chi connectivity index (χ0v) is 14.8. The third-order valence-corrected chi connectivity index (χ3v) is 4.75. The van der Waals surface area contributed by atoms with Crippen LogP contribution in [0.3, 0.4) is 0 Å². The van der Waals surface area contributed by atoms with Crippen LogP contribution in [-0.4, -0.2) is 44.2 Å². The van der Waals surface area contributed by atoms with Crippen LogP contribution in [0.25, 0.3) is 0 Å². The molecule has 0 aromatic heterocycles. The van der Waals surface area contributed by atoms with Gasteiger partial charge in [0.05, 0.1) is 12.6 Å². The fourth-order valence-corrected chi connectivity index (χ4v) is 3.01. The molecule has 134 valence electrons. The normalized spacial score (nSPS) is 18.0. The van der Waals surface area contributed by atoms with Gasteiger partial charge in [-0.25, -0.2) is 0 Å². The van der Waals surface area contributed by atoms with Crippen molar-refractivity contribution < 1.29 is 14.3 Å². The quantitative estimate of drug-likeness (QED) is 0.525. The Balaban J connectivity index is 2.34. The molecule has 1 rings (SSSR count). The number of nitrogens with two attached hydrogens (primary N) is 1. The predicted molar refractivity (Wildman–Crippen MR) is 90.8 cm³/mol. The minimum atomic E-state index is -0.574. The SMILES string of the molecule is CCOCCC1(CNC(=O)CNC(=O)[C@@H](N)C(C)C)CCCC1. The Labute approximate surface area is 139 Å². The van der Waals surface area contributed by atoms with Crippen LogP contribution >= 0.6 is 0 Å². The first-order chi connectivity index (χ1) is 10.9. The highest BCUT2D eigenvalue weighted by Gasteiger charge is 2.33. The zero-order valence-electron chi connectivity index (χ0n) is 14.8. The van der Waals surface area contributed by atoms with Gasteiger partial charge in [0.2, 0.25) is 11.8 Å². The highest BCUT2D eigenvalue weighted by molar-refractivity contribution is 5.87. The predicted octanol–water partition coefficient (Wildman–Crippen LogP) is 1.19. The smallest absolute Gasteiger partial charge is 0.239 e. The molecule has 1 saturated carbocycles. The summed E-state index contributed by atoms with van der Waals surface area (Å²) in [4.78, 5) is 23.7. The second-order valence-electron chi connectivity index (χ2n) is 6.92. The van der Waals surface area contributed by atoms with E-state index in [1.807, 2.05) is 20.8 Å². The van der Waals surface area contributed by atoms with E-state index in [1.54, 1.807) is 0 Å². The molecule has 6 heteroatoms. The van der Waals surface area contributed by atoms with Crippen molar-refractivity contribution in [3.63, 3.8) is 0 Å². The van der Waals surface area contributed by atoms with Gasteiger partial charge < -0.3 is 21.1 Å². The van der Waals surface area contributed by atoms with Gasteiger partial charge in [0.25, 0.3) is 0 Å². The lowest BCUT2D eigenvalue weighted by Gasteiger charge is -2.29. The molecule has 0 spiro atoms. The number of ether oxygens (including phenoxy) is 1. The summed E-state index contributed by atoms with van der Waals surface area (Å²) in [7, 11) is 0. The summed E-state index contributed by atoms with van der Waals surface area (Å²) in [5, 5.41) is 5.57. The number of carbonyl (C=O) groups is 2. The molecule has 0 heterocycles. The van der Waals surface area contributed by atoms with E-state index in [-0.39, 0.29) is 29.7 Å². The van der Waals surface area contributed by atoms with Gasteiger partial charge >= 0.3 is 0 Å². The molecule has 1 atom stereocenters. The summed E-state index contributed by atoms with van der Waals surface area (Å²) in [6, 6.07) is -0.574. The molecule has 1 aliphatic carbocycles. The van der Waals surface area contributed by atoms with Gasteiger partial charge in [0.15, 0.2) is 0 Å². The summed E-state index contributed by atoms with van der Waals surface area (Å²) in [6.07, 6.45) is 5.66. The van der Waals surface area contributed by atoms with Crippen molar-refractivity contribution in [3.05, 3.63) is 0 Å². The van der Waals surface area contributed by atoms with Gasteiger partial charge in [-0.3, -0.25) is 9.59 Å². The number of hydrogen-bond acceptors (Lipinski definition) is 4. The fraction of sp³-hybridized carbons (Fsp3) is 0.882. The van der Waals surface area contributed by atoms with Crippen molar-refractivity contribution in [1.82, 2.24) is 10.6 Å². The second-order valence-corrected chi connectivity index (χ2v) is 6.92. The Hall–Kier alpha value is -1.14. The zero-order chi connectivity index (χ0) is 17.3. The lowest BCUT2D eigenvalue weighted by Crippen LogP contribution is -2.48. The fourth-order valence-electron chi connectivity index (χ4n) is 3.01. The topological polar surface area (TPSA) is 93.5 Å². The average molecular weight is 327 g/mol. The van der Waals surface area contributed by atoms with E-state index in [1.165, 1.54) is 12.8 Å². The molecule has 0 aromatic rings. The summed E-state index contributed by atoms with van der Waals surface area (Å²) >= 11 is 0. The minimum absolute atomic E-state index is 0.0131. The van der Waals surface area contributed by atoms with Crippen LogP contribution in [0, 0.1) is 11.3 Å². The average Bonchev–Trinajstić information content (AvgIpc) is 2.99. The highest BCUT2D eigenvalue weighted by atomic mass is 16.5. The Morgan fingerprint density at radius 1 is 1.22 bits per heavy atom. The summed E-state index contributed by atoms with van der Waals surface area (Å²) in [5.41, 5.74) is 5.91. The molecule has 6 nitrogen and oxygen atoms in total. The molecule has 4 N–H and O–H groups in total. The van der Waals surface area contributed by atoms with Gasteiger partial charge in [-0.05, 0) is 37.5 Å². The van der Waals surface area contributed by atoms with E-state index >= 15 is 0 Å². The number of amides is 2. The lowest BCUT2D eigenvalue weighted by molar-refractivity contribution is -0.127. The van der Waals surface area contributed by atoms with E-state index < -0.39 is 6.04 Å². The number of carbonyl (C=O) groups excluding carboxylic acids is 2. The van der Waals surface area contributed by atoms with Gasteiger partial charge in [0, 0.05) is 19.8 Å². The van der Waals surface area contributed by atoms with Crippen LogP contribution < -0.4 is 16.4 Å². The van der Waals surface area contributed by atoms with E-state index in [0.717, 1.165) is 32.5 Å². The minimum Gasteiger partial charge on any atom is -0.382 e. The van der Waals surface area contributed by atoms with Gasteiger partial charge in [-0.1, -0.05) is 26.7 Å². The van der Waals surface area contributed by atoms with Crippen LogP contribution in [0.1, 0.15) is 52.9 Å². The van der Waals surface area contributed by atoms with Gasteiger partial charge in [-0.2, -0.15) is 0 Å². The molecule has 2 amide bonds. The van der Waals surface area contributed by atoms with Crippen molar-refractivity contribution in [3.8, 4) is 0 Å². The van der Waals surface area contributed by atoms with Crippen LogP contribution in [0.4, 0.5) is 0 Å². The molecule has 0 aliphatic heterocycles. The third kappa shape index (κ3) is 6.87. The third-order valence-electron chi connectivity index (χ3n) is 4.75. The number of hydrogen-bond donors (Lipinski definition) is 3. The maximum Gasteiger partial charge on any atom is 0.239 e. The van der Waals surface area contributed by atoms with Crippen molar-refractivity contribution in [2.45, 2.75) is 58.9 Å². The second kappa shape index (κ2) is 9.88. The van der Waals surface area contributed by atoms with E-state index in [0.29, 0.717) is 6.54 Å². The highest BCUT2D eigenvalue weighted by Crippen LogP contribution is 2.40. The van der Waals surface area contributed by atoms with E-state index in [9.17, 15) is 9.59 Å². The number of nitrogens with one attached hydrogen (secondary N) is 2. The molecule has 23 heavy (non-hydrogen) atoms. The monoisotopic (exact) mass is 327 g/mol. The number of rotatable bonds is 10. The van der Waals surface area contributed by atoms with Crippen LogP contribution in [0.2, 0.25) is 0 Å². The first-order valence-corrected chi connectivity index (χ1v) is 8.78. The van der Waals surface area contributed by atoms with Gasteiger partial charge in [0.1, 0.15) is 0 Å². The molecule has 0 unspecified atom stereocenters. The maximum atomic E-state index is 12.0. The van der Waals surface area contributed by atoms with Crippen LogP contribution in [0.5, 0.6) is 0 Å². The molecular formula is C17H33N3O3. The molecule has 0 aromatic carbocycles. The summed E-state index contributed by atoms with van der Waals surface area (Å²) < 4.78 is 5.47. The van der Waals surface area contributed by atoms with Crippen molar-refractivity contribution in [2.24, 2.45) is 17.1 Å². The standard InChI is InChI=1S/C17H33N3O3/c1-4-23-10-9-17(7-5-6-8-17)12-20-14(21)11-19-16(22)15(18)13(2)3/h13,15H,4-12,18H2,1-3H3,(H,19,22)(H,20,21)/t15-/m0/s1. The molecule has 0 bridgehead atoms. The maximum absolute atomic E-state index is 12.0. The lowest BCUT2D eigenvalue weighted by atomic mass is 9.83. The Kier molecular flexibility index (Phi) is 8.55. The summed E-state index contributed by atoms with van der Waals surface area (Å²) in [5.74, 6) is -0.377. The molecule has 1 fully saturated rings. The molecule has 1 aliphatic rings. The van der Waals surface area contributed by atoms with Crippen molar-refractivity contribution >= 4 is 11.8 Å². The Bertz CT molecular complexity index is 379. The first-order valence-electron chi connectivity index (χ1n) is 8.78. The van der Waals surface area contributed by atoms with Crippen molar-refractivity contribution in [2.75, 3.05) is 26.3 Å². The molecular weight excluding hydrogens is 294 g/mol.